The van der Waals surface area contributed by atoms with E-state index in [4.69, 9.17) is 4.42 Å². The van der Waals surface area contributed by atoms with Crippen molar-refractivity contribution in [3.05, 3.63) is 24.4 Å². The molecule has 80 valence electrons. The van der Waals surface area contributed by atoms with Gasteiger partial charge in [-0.05, 0) is 6.92 Å². The van der Waals surface area contributed by atoms with Crippen LogP contribution in [0.3, 0.4) is 0 Å². The number of aromatic amines is 1. The smallest absolute Gasteiger partial charge is 0.309 e. The number of hydrogen-bond acceptors (Lipinski definition) is 5. The lowest BCUT2D eigenvalue weighted by Gasteiger charge is -1.99. The lowest BCUT2D eigenvalue weighted by atomic mass is 10.6. The Labute approximate surface area is 85.6 Å². The van der Waals surface area contributed by atoms with Gasteiger partial charge in [-0.2, -0.15) is 10.1 Å². The fourth-order valence-corrected chi connectivity index (χ4v) is 1.80. The molecule has 0 amide bonds. The average molecular weight is 228 g/mol. The lowest BCUT2D eigenvalue weighted by Crippen LogP contribution is -2.12. The minimum absolute atomic E-state index is 0.0263. The average Bonchev–Trinajstić information content (AvgIpc) is 2.75. The third-order valence-electron chi connectivity index (χ3n) is 1.62. The molecule has 2 aromatic heterocycles. The third-order valence-corrected chi connectivity index (χ3v) is 2.91. The minimum Gasteiger partial charge on any atom is -0.431 e. The second-order valence-corrected chi connectivity index (χ2v) is 4.52. The summed E-state index contributed by atoms with van der Waals surface area (Å²) in [6.07, 6.45) is 3.81. The van der Waals surface area contributed by atoms with Gasteiger partial charge in [0.1, 0.15) is 11.2 Å². The van der Waals surface area contributed by atoms with Crippen LogP contribution in [0.1, 0.15) is 5.69 Å². The summed E-state index contributed by atoms with van der Waals surface area (Å²) in [5.74, 6) is 0. The number of aryl methyl sites for hydroxylation is 1. The number of rotatable bonds is 3. The zero-order chi connectivity index (χ0) is 10.9. The SMILES string of the molecule is Cc1coc(NS(=O)(=O)c2cn[nH]c2)n1. The predicted octanol–water partition coefficient (Wildman–Crippen LogP) is 0.507. The number of aromatic nitrogens is 3. The maximum Gasteiger partial charge on any atom is 0.309 e. The predicted molar refractivity (Wildman–Crippen MR) is 50.6 cm³/mol. The number of sulfonamides is 1. The van der Waals surface area contributed by atoms with Crippen LogP contribution in [0.25, 0.3) is 0 Å². The number of oxazole rings is 1. The highest BCUT2D eigenvalue weighted by Crippen LogP contribution is 2.13. The zero-order valence-corrected chi connectivity index (χ0v) is 8.58. The van der Waals surface area contributed by atoms with Crippen LogP contribution >= 0.6 is 0 Å². The maximum absolute atomic E-state index is 11.6. The monoisotopic (exact) mass is 228 g/mol. The zero-order valence-electron chi connectivity index (χ0n) is 7.76. The molecule has 0 aromatic carbocycles. The number of hydrogen-bond donors (Lipinski definition) is 2. The molecule has 0 saturated heterocycles. The quantitative estimate of drug-likeness (QED) is 0.796. The lowest BCUT2D eigenvalue weighted by molar-refractivity contribution is 0.569. The first-order valence-electron chi connectivity index (χ1n) is 4.02. The van der Waals surface area contributed by atoms with Crippen LogP contribution in [-0.4, -0.2) is 23.6 Å². The first kappa shape index (κ1) is 9.71. The molecule has 2 rings (SSSR count). The second kappa shape index (κ2) is 3.39. The fraction of sp³-hybridized carbons (Fsp3) is 0.143. The molecule has 0 radical (unpaired) electrons. The summed E-state index contributed by atoms with van der Waals surface area (Å²) in [5.41, 5.74) is 0.597. The molecule has 0 spiro atoms. The van der Waals surface area contributed by atoms with E-state index < -0.39 is 10.0 Å². The molecule has 0 saturated carbocycles. The summed E-state index contributed by atoms with van der Waals surface area (Å²) in [6.45, 7) is 1.69. The highest BCUT2D eigenvalue weighted by atomic mass is 32.2. The van der Waals surface area contributed by atoms with E-state index >= 15 is 0 Å². The van der Waals surface area contributed by atoms with E-state index in [2.05, 4.69) is 19.9 Å². The van der Waals surface area contributed by atoms with Crippen molar-refractivity contribution in [2.75, 3.05) is 4.72 Å². The highest BCUT2D eigenvalue weighted by Gasteiger charge is 2.17. The molecule has 0 unspecified atom stereocenters. The van der Waals surface area contributed by atoms with Gasteiger partial charge in [-0.3, -0.25) is 5.10 Å². The van der Waals surface area contributed by atoms with Gasteiger partial charge in [0, 0.05) is 6.20 Å². The topological polar surface area (TPSA) is 101 Å². The van der Waals surface area contributed by atoms with Gasteiger partial charge in [-0.1, -0.05) is 0 Å². The molecule has 0 aliphatic carbocycles. The summed E-state index contributed by atoms with van der Waals surface area (Å²) in [6, 6.07) is -0.0614. The van der Waals surface area contributed by atoms with Crippen molar-refractivity contribution in [3.63, 3.8) is 0 Å². The molecule has 2 N–H and O–H groups in total. The molecule has 0 aliphatic rings. The molecule has 7 nitrogen and oxygen atoms in total. The van der Waals surface area contributed by atoms with Crippen molar-refractivity contribution in [3.8, 4) is 0 Å². The van der Waals surface area contributed by atoms with Crippen molar-refractivity contribution >= 4 is 16.0 Å². The molecule has 0 bridgehead atoms. The Morgan fingerprint density at radius 1 is 1.53 bits per heavy atom. The van der Waals surface area contributed by atoms with Gasteiger partial charge in [0.25, 0.3) is 10.0 Å². The molecule has 8 heteroatoms. The summed E-state index contributed by atoms with van der Waals surface area (Å²) in [4.78, 5) is 3.84. The molecule has 0 atom stereocenters. The van der Waals surface area contributed by atoms with E-state index in [9.17, 15) is 8.42 Å². The minimum atomic E-state index is -3.66. The van der Waals surface area contributed by atoms with Gasteiger partial charge >= 0.3 is 6.01 Å². The second-order valence-electron chi connectivity index (χ2n) is 2.83. The normalized spacial score (nSPS) is 11.5. The molecule has 0 fully saturated rings. The summed E-state index contributed by atoms with van der Waals surface area (Å²) in [7, 11) is -3.66. The van der Waals surface area contributed by atoms with Crippen LogP contribution in [0, 0.1) is 6.92 Å². The Kier molecular flexibility index (Phi) is 2.19. The van der Waals surface area contributed by atoms with Crippen LogP contribution in [0.5, 0.6) is 0 Å². The fourth-order valence-electron chi connectivity index (χ4n) is 0.961. The van der Waals surface area contributed by atoms with E-state index in [0.717, 1.165) is 0 Å². The van der Waals surface area contributed by atoms with Gasteiger partial charge in [-0.25, -0.2) is 13.1 Å². The van der Waals surface area contributed by atoms with E-state index in [1.807, 2.05) is 0 Å². The van der Waals surface area contributed by atoms with Gasteiger partial charge in [0.2, 0.25) is 0 Å². The Bertz CT molecular complexity index is 543. The molecular weight excluding hydrogens is 220 g/mol. The van der Waals surface area contributed by atoms with E-state index in [1.54, 1.807) is 6.92 Å². The van der Waals surface area contributed by atoms with Gasteiger partial charge in [0.05, 0.1) is 11.9 Å². The van der Waals surface area contributed by atoms with E-state index in [1.165, 1.54) is 18.7 Å². The largest absolute Gasteiger partial charge is 0.431 e. The molecular formula is C7H8N4O3S. The van der Waals surface area contributed by atoms with Crippen LogP contribution in [0.2, 0.25) is 0 Å². The van der Waals surface area contributed by atoms with E-state index in [0.29, 0.717) is 5.69 Å². The number of anilines is 1. The summed E-state index contributed by atoms with van der Waals surface area (Å²) < 4.78 is 30.2. The molecule has 2 heterocycles. The summed E-state index contributed by atoms with van der Waals surface area (Å²) >= 11 is 0. The Hall–Kier alpha value is -1.83. The molecule has 2 aromatic rings. The number of nitrogens with zero attached hydrogens (tertiary/aromatic N) is 2. The van der Waals surface area contributed by atoms with Gasteiger partial charge in [-0.15, -0.1) is 0 Å². The van der Waals surface area contributed by atoms with Crippen molar-refractivity contribution in [1.29, 1.82) is 0 Å². The van der Waals surface area contributed by atoms with Crippen molar-refractivity contribution < 1.29 is 12.8 Å². The number of nitrogens with one attached hydrogen (secondary N) is 2. The van der Waals surface area contributed by atoms with Gasteiger partial charge < -0.3 is 4.42 Å². The van der Waals surface area contributed by atoms with Crippen molar-refractivity contribution in [2.45, 2.75) is 11.8 Å². The third kappa shape index (κ3) is 1.99. The summed E-state index contributed by atoms with van der Waals surface area (Å²) in [5, 5.41) is 5.95. The Morgan fingerprint density at radius 3 is 2.87 bits per heavy atom. The maximum atomic E-state index is 11.6. The molecule has 15 heavy (non-hydrogen) atoms. The first-order chi connectivity index (χ1) is 7.08. The first-order valence-corrected chi connectivity index (χ1v) is 5.50. The number of H-pyrrole nitrogens is 1. The highest BCUT2D eigenvalue weighted by molar-refractivity contribution is 7.92. The van der Waals surface area contributed by atoms with Crippen LogP contribution in [-0.2, 0) is 10.0 Å². The van der Waals surface area contributed by atoms with E-state index in [-0.39, 0.29) is 10.9 Å². The Balaban J connectivity index is 2.26. The van der Waals surface area contributed by atoms with Crippen molar-refractivity contribution in [1.82, 2.24) is 15.2 Å². The van der Waals surface area contributed by atoms with Crippen LogP contribution in [0.4, 0.5) is 6.01 Å². The van der Waals surface area contributed by atoms with Crippen LogP contribution < -0.4 is 4.72 Å². The van der Waals surface area contributed by atoms with Crippen molar-refractivity contribution in [2.24, 2.45) is 0 Å². The van der Waals surface area contributed by atoms with Crippen LogP contribution in [0.15, 0.2) is 28.0 Å². The standard InChI is InChI=1S/C7H8N4O3S/c1-5-4-14-7(10-5)11-15(12,13)6-2-8-9-3-6/h2-4H,1H3,(H,8,9)(H,10,11). The Morgan fingerprint density at radius 2 is 2.33 bits per heavy atom. The van der Waals surface area contributed by atoms with Gasteiger partial charge in [0.15, 0.2) is 0 Å². The molecule has 0 aliphatic heterocycles.